The van der Waals surface area contributed by atoms with Crippen LogP contribution >= 0.6 is 0 Å². The van der Waals surface area contributed by atoms with Gasteiger partial charge in [0.1, 0.15) is 9.84 Å². The first kappa shape index (κ1) is 12.8. The van der Waals surface area contributed by atoms with Crippen LogP contribution in [0.4, 0.5) is 5.82 Å². The van der Waals surface area contributed by atoms with Gasteiger partial charge >= 0.3 is 0 Å². The Bertz CT molecular complexity index is 635. The summed E-state index contributed by atoms with van der Waals surface area (Å²) in [6.07, 6.45) is 3.51. The van der Waals surface area contributed by atoms with E-state index in [4.69, 9.17) is 0 Å². The van der Waals surface area contributed by atoms with Gasteiger partial charge in [-0.05, 0) is 6.42 Å². The molecule has 96 valence electrons. The third-order valence-electron chi connectivity index (χ3n) is 2.55. The summed E-state index contributed by atoms with van der Waals surface area (Å²) < 4.78 is 22.0. The molecule has 0 aliphatic rings. The summed E-state index contributed by atoms with van der Waals surface area (Å²) in [5, 5.41) is 13.1. The van der Waals surface area contributed by atoms with Crippen LogP contribution in [0.5, 0.6) is 0 Å². The molecule has 0 fully saturated rings. The SMILES string of the molecule is CS(=O)(=O)CCCNc1nncc2ccccc12. The molecule has 0 bridgehead atoms. The number of benzene rings is 1. The molecule has 0 saturated carbocycles. The van der Waals surface area contributed by atoms with Crippen LogP contribution in [0.1, 0.15) is 6.42 Å². The molecule has 18 heavy (non-hydrogen) atoms. The molecule has 2 aromatic rings. The average molecular weight is 265 g/mol. The predicted molar refractivity (Wildman–Crippen MR) is 72.4 cm³/mol. The Morgan fingerprint density at radius 1 is 1.28 bits per heavy atom. The Balaban J connectivity index is 2.04. The normalized spacial score (nSPS) is 11.6. The molecule has 0 spiro atoms. The van der Waals surface area contributed by atoms with Gasteiger partial charge in [0, 0.05) is 23.6 Å². The Morgan fingerprint density at radius 3 is 2.83 bits per heavy atom. The van der Waals surface area contributed by atoms with Gasteiger partial charge in [0.2, 0.25) is 0 Å². The molecular formula is C12H15N3O2S. The number of hydrogen-bond donors (Lipinski definition) is 1. The molecule has 1 aromatic heterocycles. The fourth-order valence-electron chi connectivity index (χ4n) is 1.70. The van der Waals surface area contributed by atoms with E-state index in [1.54, 1.807) is 6.20 Å². The van der Waals surface area contributed by atoms with E-state index in [2.05, 4.69) is 15.5 Å². The molecule has 1 heterocycles. The first-order valence-electron chi connectivity index (χ1n) is 5.68. The first-order chi connectivity index (χ1) is 8.56. The summed E-state index contributed by atoms with van der Waals surface area (Å²) in [6, 6.07) is 7.80. The van der Waals surface area contributed by atoms with Gasteiger partial charge in [-0.2, -0.15) is 5.10 Å². The van der Waals surface area contributed by atoms with Crippen LogP contribution in [-0.4, -0.2) is 37.2 Å². The van der Waals surface area contributed by atoms with Crippen LogP contribution in [0.15, 0.2) is 30.5 Å². The summed E-state index contributed by atoms with van der Waals surface area (Å²) in [7, 11) is -2.90. The zero-order valence-corrected chi connectivity index (χ0v) is 10.9. The minimum atomic E-state index is -2.90. The van der Waals surface area contributed by atoms with E-state index >= 15 is 0 Å². The molecule has 0 aliphatic heterocycles. The monoisotopic (exact) mass is 265 g/mol. The smallest absolute Gasteiger partial charge is 0.156 e. The van der Waals surface area contributed by atoms with Crippen molar-refractivity contribution in [1.29, 1.82) is 0 Å². The van der Waals surface area contributed by atoms with Gasteiger partial charge < -0.3 is 5.32 Å². The van der Waals surface area contributed by atoms with Crippen molar-refractivity contribution in [2.75, 3.05) is 23.9 Å². The number of aromatic nitrogens is 2. The highest BCUT2D eigenvalue weighted by atomic mass is 32.2. The Kier molecular flexibility index (Phi) is 3.76. The maximum atomic E-state index is 11.0. The highest BCUT2D eigenvalue weighted by Gasteiger charge is 2.04. The van der Waals surface area contributed by atoms with Gasteiger partial charge in [0.25, 0.3) is 0 Å². The second-order valence-electron chi connectivity index (χ2n) is 4.19. The number of rotatable bonds is 5. The van der Waals surface area contributed by atoms with Crippen molar-refractivity contribution in [3.05, 3.63) is 30.5 Å². The van der Waals surface area contributed by atoms with Crippen molar-refractivity contribution >= 4 is 26.4 Å². The fraction of sp³-hybridized carbons (Fsp3) is 0.333. The van der Waals surface area contributed by atoms with Crippen molar-refractivity contribution in [3.8, 4) is 0 Å². The van der Waals surface area contributed by atoms with Crippen molar-refractivity contribution in [3.63, 3.8) is 0 Å². The molecule has 2 rings (SSSR count). The molecule has 1 aromatic carbocycles. The van der Waals surface area contributed by atoms with Crippen LogP contribution in [0, 0.1) is 0 Å². The van der Waals surface area contributed by atoms with E-state index in [1.807, 2.05) is 24.3 Å². The van der Waals surface area contributed by atoms with Gasteiger partial charge in [0.05, 0.1) is 11.9 Å². The van der Waals surface area contributed by atoms with Gasteiger partial charge in [-0.25, -0.2) is 8.42 Å². The van der Waals surface area contributed by atoms with Crippen molar-refractivity contribution in [2.24, 2.45) is 0 Å². The third kappa shape index (κ3) is 3.40. The summed E-state index contributed by atoms with van der Waals surface area (Å²) in [6.45, 7) is 0.565. The Morgan fingerprint density at radius 2 is 2.06 bits per heavy atom. The average Bonchev–Trinajstić information content (AvgIpc) is 2.33. The molecule has 6 heteroatoms. The first-order valence-corrected chi connectivity index (χ1v) is 7.74. The second-order valence-corrected chi connectivity index (χ2v) is 6.45. The van der Waals surface area contributed by atoms with Crippen LogP contribution < -0.4 is 5.32 Å². The van der Waals surface area contributed by atoms with Gasteiger partial charge in [0.15, 0.2) is 5.82 Å². The van der Waals surface area contributed by atoms with Crippen molar-refractivity contribution in [2.45, 2.75) is 6.42 Å². The van der Waals surface area contributed by atoms with E-state index in [0.29, 0.717) is 18.8 Å². The molecule has 0 unspecified atom stereocenters. The van der Waals surface area contributed by atoms with Crippen LogP contribution in [-0.2, 0) is 9.84 Å². The zero-order chi connectivity index (χ0) is 13.0. The molecule has 0 aliphatic carbocycles. The van der Waals surface area contributed by atoms with Gasteiger partial charge in [-0.1, -0.05) is 24.3 Å². The molecule has 0 saturated heterocycles. The summed E-state index contributed by atoms with van der Waals surface area (Å²) >= 11 is 0. The Hall–Kier alpha value is -1.69. The van der Waals surface area contributed by atoms with Gasteiger partial charge in [-0.15, -0.1) is 5.10 Å². The largest absolute Gasteiger partial charge is 0.368 e. The van der Waals surface area contributed by atoms with E-state index < -0.39 is 9.84 Å². The molecule has 0 amide bonds. The molecule has 1 N–H and O–H groups in total. The highest BCUT2D eigenvalue weighted by Crippen LogP contribution is 2.18. The lowest BCUT2D eigenvalue weighted by Crippen LogP contribution is -2.10. The second kappa shape index (κ2) is 5.30. The lowest BCUT2D eigenvalue weighted by Gasteiger charge is -2.07. The third-order valence-corrected chi connectivity index (χ3v) is 3.59. The topological polar surface area (TPSA) is 72.0 Å². The maximum absolute atomic E-state index is 11.0. The van der Waals surface area contributed by atoms with E-state index in [9.17, 15) is 8.42 Å². The Labute approximate surface area is 106 Å². The predicted octanol–water partition coefficient (Wildman–Crippen LogP) is 1.48. The maximum Gasteiger partial charge on any atom is 0.156 e. The fourth-order valence-corrected chi connectivity index (χ4v) is 2.37. The van der Waals surface area contributed by atoms with Crippen LogP contribution in [0.2, 0.25) is 0 Å². The van der Waals surface area contributed by atoms with Crippen LogP contribution in [0.3, 0.4) is 0 Å². The van der Waals surface area contributed by atoms with Crippen molar-refractivity contribution < 1.29 is 8.42 Å². The van der Waals surface area contributed by atoms with E-state index in [1.165, 1.54) is 6.26 Å². The molecular weight excluding hydrogens is 250 g/mol. The molecule has 0 radical (unpaired) electrons. The molecule has 5 nitrogen and oxygen atoms in total. The number of sulfone groups is 1. The summed E-state index contributed by atoms with van der Waals surface area (Å²) in [5.41, 5.74) is 0. The van der Waals surface area contributed by atoms with Gasteiger partial charge in [-0.3, -0.25) is 0 Å². The number of hydrogen-bond acceptors (Lipinski definition) is 5. The number of fused-ring (bicyclic) bond motifs is 1. The highest BCUT2D eigenvalue weighted by molar-refractivity contribution is 7.90. The number of nitrogens with zero attached hydrogens (tertiary/aromatic N) is 2. The summed E-state index contributed by atoms with van der Waals surface area (Å²) in [4.78, 5) is 0. The van der Waals surface area contributed by atoms with Crippen molar-refractivity contribution in [1.82, 2.24) is 10.2 Å². The minimum Gasteiger partial charge on any atom is -0.368 e. The molecule has 0 atom stereocenters. The zero-order valence-electron chi connectivity index (χ0n) is 10.1. The lowest BCUT2D eigenvalue weighted by atomic mass is 10.2. The van der Waals surface area contributed by atoms with Crippen LogP contribution in [0.25, 0.3) is 10.8 Å². The summed E-state index contributed by atoms with van der Waals surface area (Å²) in [5.74, 6) is 0.875. The standard InChI is InChI=1S/C12H15N3O2S/c1-18(16,17)8-4-7-13-12-11-6-3-2-5-10(11)9-14-15-12/h2-3,5-6,9H,4,7-8H2,1H3,(H,13,15). The lowest BCUT2D eigenvalue weighted by molar-refractivity contribution is 0.600. The minimum absolute atomic E-state index is 0.179. The van der Waals surface area contributed by atoms with E-state index in [0.717, 1.165) is 10.8 Å². The quantitative estimate of drug-likeness (QED) is 0.829. The number of nitrogens with one attached hydrogen (secondary N) is 1. The van der Waals surface area contributed by atoms with E-state index in [-0.39, 0.29) is 5.75 Å². The number of anilines is 1.